The molecule has 0 saturated carbocycles. The summed E-state index contributed by atoms with van der Waals surface area (Å²) < 4.78 is 4.70. The lowest BCUT2D eigenvalue weighted by molar-refractivity contribution is -0.144. The molecule has 0 amide bonds. The molecule has 0 spiro atoms. The molecular weight excluding hydrogens is 218 g/mol. The first kappa shape index (κ1) is 11.6. The van der Waals surface area contributed by atoms with E-state index in [0.29, 0.717) is 10.0 Å². The van der Waals surface area contributed by atoms with Crippen LogP contribution in [0.3, 0.4) is 0 Å². The van der Waals surface area contributed by atoms with Crippen molar-refractivity contribution in [1.29, 1.82) is 0 Å². The van der Waals surface area contributed by atoms with Gasteiger partial charge in [-0.3, -0.25) is 0 Å². The van der Waals surface area contributed by atoms with E-state index in [0.717, 1.165) is 0 Å². The average molecular weight is 229 g/mol. The fourth-order valence-electron chi connectivity index (χ4n) is 1.11. The number of carbonyl (C=O) groups is 1. The first-order valence-electron chi connectivity index (χ1n) is 4.32. The monoisotopic (exact) mass is 229 g/mol. The molecule has 6 nitrogen and oxygen atoms in total. The van der Waals surface area contributed by atoms with Gasteiger partial charge in [-0.2, -0.15) is 0 Å². The smallest absolute Gasteiger partial charge is 0.340 e. The Kier molecular flexibility index (Phi) is 3.73. The third kappa shape index (κ3) is 2.50. The van der Waals surface area contributed by atoms with Gasteiger partial charge >= 0.3 is 5.97 Å². The number of aromatic nitrogens is 1. The van der Waals surface area contributed by atoms with E-state index in [2.05, 4.69) is 10.2 Å². The number of hydrogen-bond acceptors (Lipinski definition) is 7. The second-order valence-electron chi connectivity index (χ2n) is 2.75. The van der Waals surface area contributed by atoms with E-state index in [4.69, 9.17) is 10.5 Å². The first-order valence-corrected chi connectivity index (χ1v) is 5.13. The van der Waals surface area contributed by atoms with Crippen molar-refractivity contribution < 1.29 is 9.53 Å². The predicted octanol–water partition coefficient (Wildman–Crippen LogP) is 1.40. The maximum absolute atomic E-state index is 11.3. The molecule has 0 aromatic carbocycles. The van der Waals surface area contributed by atoms with E-state index in [9.17, 15) is 9.70 Å². The van der Waals surface area contributed by atoms with E-state index in [1.54, 1.807) is 13.8 Å². The molecule has 2 N–H and O–H groups in total. The van der Waals surface area contributed by atoms with Crippen LogP contribution in [0.5, 0.6) is 0 Å². The molecule has 0 saturated heterocycles. The number of anilines is 1. The molecule has 0 aliphatic rings. The first-order chi connectivity index (χ1) is 7.10. The number of hydrogen-bond donors (Lipinski definition) is 1. The van der Waals surface area contributed by atoms with Gasteiger partial charge in [-0.25, -0.2) is 9.78 Å². The number of carbonyl (C=O) groups excluding carboxylic acids is 1. The largest absolute Gasteiger partial charge is 0.464 e. The number of nitrogens with zero attached hydrogens (tertiary/aromatic N) is 2. The molecule has 1 heterocycles. The summed E-state index contributed by atoms with van der Waals surface area (Å²) in [6.45, 7) is 3.58. The summed E-state index contributed by atoms with van der Waals surface area (Å²) >= 11 is 1.21. The van der Waals surface area contributed by atoms with Crippen LogP contribution < -0.4 is 5.73 Å². The van der Waals surface area contributed by atoms with Gasteiger partial charge in [-0.15, -0.1) is 16.2 Å². The van der Waals surface area contributed by atoms with Crippen molar-refractivity contribution in [2.45, 2.75) is 19.9 Å². The van der Waals surface area contributed by atoms with Gasteiger partial charge in [0.25, 0.3) is 0 Å². The lowest BCUT2D eigenvalue weighted by atomic mass is 10.2. The highest BCUT2D eigenvalue weighted by atomic mass is 32.1. The Balaban J connectivity index is 2.96. The molecule has 0 aliphatic heterocycles. The number of rotatable bonds is 4. The summed E-state index contributed by atoms with van der Waals surface area (Å²) in [4.78, 5) is 26.5. The maximum Gasteiger partial charge on any atom is 0.340 e. The molecule has 0 aliphatic carbocycles. The Morgan fingerprint density at radius 1 is 1.73 bits per heavy atom. The van der Waals surface area contributed by atoms with Gasteiger partial charge in [0.15, 0.2) is 5.13 Å². The molecular formula is C8H11N3O3S. The number of aryl methyl sites for hydroxylation is 1. The minimum absolute atomic E-state index is 0.198. The lowest BCUT2D eigenvalue weighted by Crippen LogP contribution is -2.15. The van der Waals surface area contributed by atoms with Crippen molar-refractivity contribution in [3.8, 4) is 0 Å². The number of nitrogen functional groups attached to an aromatic ring is 1. The van der Waals surface area contributed by atoms with Gasteiger partial charge in [0.05, 0.1) is 12.3 Å². The van der Waals surface area contributed by atoms with Gasteiger partial charge in [-0.1, -0.05) is 0 Å². The van der Waals surface area contributed by atoms with Gasteiger partial charge in [-0.05, 0) is 19.0 Å². The molecule has 7 heteroatoms. The summed E-state index contributed by atoms with van der Waals surface area (Å²) in [6, 6.07) is -1.21. The molecule has 15 heavy (non-hydrogen) atoms. The van der Waals surface area contributed by atoms with Crippen LogP contribution >= 0.6 is 11.3 Å². The molecule has 1 aromatic heterocycles. The highest BCUT2D eigenvalue weighted by molar-refractivity contribution is 7.15. The zero-order chi connectivity index (χ0) is 11.4. The van der Waals surface area contributed by atoms with Crippen LogP contribution in [0.25, 0.3) is 0 Å². The number of thiazole rings is 1. The Bertz CT molecular complexity index is 377. The minimum Gasteiger partial charge on any atom is -0.464 e. The topological polar surface area (TPSA) is 94.6 Å². The van der Waals surface area contributed by atoms with Crippen LogP contribution in [0, 0.1) is 11.8 Å². The van der Waals surface area contributed by atoms with Gasteiger partial charge in [0.1, 0.15) is 0 Å². The zero-order valence-corrected chi connectivity index (χ0v) is 9.21. The Labute approximate surface area is 90.4 Å². The highest BCUT2D eigenvalue weighted by Crippen LogP contribution is 2.27. The molecule has 1 atom stereocenters. The van der Waals surface area contributed by atoms with Crippen LogP contribution in [0.2, 0.25) is 0 Å². The van der Waals surface area contributed by atoms with E-state index < -0.39 is 12.0 Å². The van der Waals surface area contributed by atoms with Crippen molar-refractivity contribution in [2.24, 2.45) is 5.18 Å². The van der Waals surface area contributed by atoms with E-state index in [1.165, 1.54) is 11.3 Å². The molecule has 82 valence electrons. The van der Waals surface area contributed by atoms with Gasteiger partial charge in [0.2, 0.25) is 6.04 Å². The number of nitroso groups, excluding NO2 is 1. The summed E-state index contributed by atoms with van der Waals surface area (Å²) in [7, 11) is 0. The van der Waals surface area contributed by atoms with Crippen LogP contribution in [0.15, 0.2) is 5.18 Å². The normalized spacial score (nSPS) is 12.1. The number of nitrogens with two attached hydrogens (primary N) is 1. The van der Waals surface area contributed by atoms with Gasteiger partial charge in [0, 0.05) is 4.88 Å². The van der Waals surface area contributed by atoms with E-state index >= 15 is 0 Å². The summed E-state index contributed by atoms with van der Waals surface area (Å²) in [5.74, 6) is -0.694. The minimum atomic E-state index is -1.21. The molecule has 1 rings (SSSR count). The average Bonchev–Trinajstić information content (AvgIpc) is 2.47. The van der Waals surface area contributed by atoms with Crippen molar-refractivity contribution in [3.63, 3.8) is 0 Å². The zero-order valence-electron chi connectivity index (χ0n) is 8.39. The molecule has 0 bridgehead atoms. The van der Waals surface area contributed by atoms with Crippen LogP contribution in [-0.2, 0) is 9.53 Å². The molecule has 1 unspecified atom stereocenters. The Morgan fingerprint density at radius 2 is 2.40 bits per heavy atom. The number of ether oxygens (including phenoxy) is 1. The van der Waals surface area contributed by atoms with Crippen molar-refractivity contribution in [1.82, 2.24) is 4.98 Å². The molecule has 0 radical (unpaired) electrons. The van der Waals surface area contributed by atoms with Crippen molar-refractivity contribution in [2.75, 3.05) is 12.3 Å². The second-order valence-corrected chi connectivity index (χ2v) is 3.99. The van der Waals surface area contributed by atoms with Crippen molar-refractivity contribution in [3.05, 3.63) is 15.5 Å². The third-order valence-corrected chi connectivity index (χ3v) is 2.54. The van der Waals surface area contributed by atoms with Crippen LogP contribution in [-0.4, -0.2) is 17.6 Å². The summed E-state index contributed by atoms with van der Waals surface area (Å²) in [6.07, 6.45) is 0. The predicted molar refractivity (Wildman–Crippen MR) is 56.4 cm³/mol. The third-order valence-electron chi connectivity index (χ3n) is 1.72. The number of esters is 1. The Morgan fingerprint density at radius 3 is 2.80 bits per heavy atom. The fraction of sp³-hybridized carbons (Fsp3) is 0.500. The fourth-order valence-corrected chi connectivity index (χ4v) is 1.83. The van der Waals surface area contributed by atoms with E-state index in [1.807, 2.05) is 0 Å². The summed E-state index contributed by atoms with van der Waals surface area (Å²) in [5, 5.41) is 3.02. The standard InChI is InChI=1S/C8H11N3O3S/c1-3-14-7(12)6(11-13)5-4(2)15-8(9)10-5/h6H,3H2,1-2H3,(H2,9,10). The van der Waals surface area contributed by atoms with Crippen LogP contribution in [0.1, 0.15) is 23.5 Å². The quantitative estimate of drug-likeness (QED) is 0.622. The SMILES string of the molecule is CCOC(=O)C(N=O)c1nc(N)sc1C. The Hall–Kier alpha value is -1.50. The summed E-state index contributed by atoms with van der Waals surface area (Å²) in [5.41, 5.74) is 5.74. The van der Waals surface area contributed by atoms with Crippen LogP contribution in [0.4, 0.5) is 5.13 Å². The molecule has 0 fully saturated rings. The van der Waals surface area contributed by atoms with E-state index in [-0.39, 0.29) is 12.3 Å². The highest BCUT2D eigenvalue weighted by Gasteiger charge is 2.27. The maximum atomic E-state index is 11.3. The lowest BCUT2D eigenvalue weighted by Gasteiger charge is -2.06. The van der Waals surface area contributed by atoms with Gasteiger partial charge < -0.3 is 10.5 Å². The van der Waals surface area contributed by atoms with Crippen molar-refractivity contribution >= 4 is 22.4 Å². The second kappa shape index (κ2) is 4.83. The molecule has 1 aromatic rings.